The normalized spacial score (nSPS) is 11.9. The van der Waals surface area contributed by atoms with E-state index in [1.54, 1.807) is 6.92 Å². The van der Waals surface area contributed by atoms with Crippen LogP contribution in [0.15, 0.2) is 41.1 Å². The summed E-state index contributed by atoms with van der Waals surface area (Å²) < 4.78 is 4.97. The molecule has 0 bridgehead atoms. The highest BCUT2D eigenvalue weighted by molar-refractivity contribution is 5.92. The zero-order valence-corrected chi connectivity index (χ0v) is 11.6. The number of aromatic nitrogens is 1. The summed E-state index contributed by atoms with van der Waals surface area (Å²) in [6, 6.07) is 9.29. The topological polar surface area (TPSA) is 92.4 Å². The number of aliphatic carboxylic acids is 1. The van der Waals surface area contributed by atoms with Crippen LogP contribution in [-0.4, -0.2) is 28.5 Å². The summed E-state index contributed by atoms with van der Waals surface area (Å²) >= 11 is 0. The molecular weight excluding hydrogens is 272 g/mol. The predicted octanol–water partition coefficient (Wildman–Crippen LogP) is 1.66. The molecule has 0 saturated carbocycles. The van der Waals surface area contributed by atoms with Crippen molar-refractivity contribution in [3.63, 3.8) is 0 Å². The number of hydrogen-bond donors (Lipinski definition) is 2. The minimum absolute atomic E-state index is 0.0310. The van der Waals surface area contributed by atoms with Gasteiger partial charge in [-0.15, -0.1) is 0 Å². The van der Waals surface area contributed by atoms with Gasteiger partial charge in [0.1, 0.15) is 0 Å². The molecule has 1 atom stereocenters. The fourth-order valence-corrected chi connectivity index (χ4v) is 1.96. The van der Waals surface area contributed by atoms with Crippen molar-refractivity contribution in [3.05, 3.63) is 53.7 Å². The van der Waals surface area contributed by atoms with Crippen LogP contribution in [0.2, 0.25) is 0 Å². The third kappa shape index (κ3) is 3.92. The van der Waals surface area contributed by atoms with Gasteiger partial charge < -0.3 is 14.8 Å². The quantitative estimate of drug-likeness (QED) is 0.843. The number of carboxylic acids is 1. The van der Waals surface area contributed by atoms with Gasteiger partial charge in [-0.3, -0.25) is 9.59 Å². The van der Waals surface area contributed by atoms with Crippen LogP contribution in [0.25, 0.3) is 0 Å². The molecule has 21 heavy (non-hydrogen) atoms. The lowest BCUT2D eigenvalue weighted by molar-refractivity contribution is -0.141. The van der Waals surface area contributed by atoms with Gasteiger partial charge in [0.2, 0.25) is 5.76 Å². The molecule has 1 aromatic carbocycles. The van der Waals surface area contributed by atoms with Crippen molar-refractivity contribution in [2.24, 2.45) is 5.92 Å². The third-order valence-electron chi connectivity index (χ3n) is 3.13. The molecule has 2 N–H and O–H groups in total. The number of carboxylic acid groups (broad SMARTS) is 1. The second kappa shape index (κ2) is 6.69. The summed E-state index contributed by atoms with van der Waals surface area (Å²) in [6.45, 7) is 1.68. The molecule has 6 heteroatoms. The lowest BCUT2D eigenvalue weighted by Crippen LogP contribution is -2.34. The van der Waals surface area contributed by atoms with E-state index in [0.717, 1.165) is 5.56 Å². The van der Waals surface area contributed by atoms with Crippen LogP contribution >= 0.6 is 0 Å². The lowest BCUT2D eigenvalue weighted by atomic mass is 9.99. The molecule has 1 amide bonds. The molecule has 2 rings (SSSR count). The number of rotatable bonds is 6. The minimum atomic E-state index is -0.951. The summed E-state index contributed by atoms with van der Waals surface area (Å²) in [4.78, 5) is 27.0. The number of nitrogens with one attached hydrogen (secondary N) is 1. The lowest BCUT2D eigenvalue weighted by Gasteiger charge is -2.13. The van der Waals surface area contributed by atoms with E-state index in [2.05, 4.69) is 10.3 Å². The molecular formula is C15H16N2O4. The van der Waals surface area contributed by atoms with E-state index in [9.17, 15) is 14.7 Å². The standard InChI is InChI=1S/C15H16N2O4/c1-10-13(21-9-17-10)14(18)16-8-12(15(19)20)7-11-5-3-2-4-6-11/h2-6,9,12H,7-8H2,1H3,(H,16,18)(H,19,20). The van der Waals surface area contributed by atoms with Crippen LogP contribution in [0.3, 0.4) is 0 Å². The Morgan fingerprint density at radius 2 is 2.05 bits per heavy atom. The Hall–Kier alpha value is -2.63. The molecule has 1 aromatic heterocycles. The van der Waals surface area contributed by atoms with Crippen molar-refractivity contribution in [1.82, 2.24) is 10.3 Å². The molecule has 0 saturated heterocycles. The molecule has 2 aromatic rings. The first-order valence-electron chi connectivity index (χ1n) is 6.53. The number of amides is 1. The SMILES string of the molecule is Cc1ncoc1C(=O)NCC(Cc1ccccc1)C(=O)O. The van der Waals surface area contributed by atoms with E-state index in [-0.39, 0.29) is 12.3 Å². The van der Waals surface area contributed by atoms with Gasteiger partial charge in [0.25, 0.3) is 5.91 Å². The number of carbonyl (C=O) groups excluding carboxylic acids is 1. The number of carbonyl (C=O) groups is 2. The fourth-order valence-electron chi connectivity index (χ4n) is 1.96. The number of oxazole rings is 1. The average Bonchev–Trinajstić information content (AvgIpc) is 2.90. The van der Waals surface area contributed by atoms with E-state index in [1.165, 1.54) is 6.39 Å². The summed E-state index contributed by atoms with van der Waals surface area (Å²) in [5.41, 5.74) is 1.39. The molecule has 0 aliphatic heterocycles. The first-order chi connectivity index (χ1) is 10.1. The maximum absolute atomic E-state index is 11.9. The molecule has 0 spiro atoms. The van der Waals surface area contributed by atoms with Crippen molar-refractivity contribution >= 4 is 11.9 Å². The van der Waals surface area contributed by atoms with E-state index in [1.807, 2.05) is 30.3 Å². The maximum Gasteiger partial charge on any atom is 0.308 e. The molecule has 0 aliphatic rings. The summed E-state index contributed by atoms with van der Waals surface area (Å²) in [5.74, 6) is -1.99. The van der Waals surface area contributed by atoms with Crippen molar-refractivity contribution < 1.29 is 19.1 Å². The molecule has 0 aliphatic carbocycles. The van der Waals surface area contributed by atoms with Crippen LogP contribution in [0.4, 0.5) is 0 Å². The second-order valence-corrected chi connectivity index (χ2v) is 4.70. The van der Waals surface area contributed by atoms with Crippen LogP contribution in [0, 0.1) is 12.8 Å². The summed E-state index contributed by atoms with van der Waals surface area (Å²) in [5, 5.41) is 11.8. The van der Waals surface area contributed by atoms with Gasteiger partial charge in [-0.2, -0.15) is 0 Å². The number of benzene rings is 1. The predicted molar refractivity (Wildman–Crippen MR) is 74.8 cm³/mol. The van der Waals surface area contributed by atoms with Gasteiger partial charge in [0.15, 0.2) is 6.39 Å². The van der Waals surface area contributed by atoms with Crippen molar-refractivity contribution in [1.29, 1.82) is 0 Å². The minimum Gasteiger partial charge on any atom is -0.481 e. The highest BCUT2D eigenvalue weighted by atomic mass is 16.4. The van der Waals surface area contributed by atoms with Crippen LogP contribution in [0.5, 0.6) is 0 Å². The molecule has 110 valence electrons. The third-order valence-corrected chi connectivity index (χ3v) is 3.13. The van der Waals surface area contributed by atoms with Gasteiger partial charge in [0, 0.05) is 6.54 Å². The molecule has 1 unspecified atom stereocenters. The summed E-state index contributed by atoms with van der Waals surface area (Å²) in [6.07, 6.45) is 1.54. The zero-order chi connectivity index (χ0) is 15.2. The molecule has 1 heterocycles. The van der Waals surface area contributed by atoms with E-state index in [0.29, 0.717) is 12.1 Å². The van der Waals surface area contributed by atoms with Crippen molar-refractivity contribution in [2.75, 3.05) is 6.54 Å². The average molecular weight is 288 g/mol. The Labute approximate surface area is 121 Å². The van der Waals surface area contributed by atoms with Gasteiger partial charge >= 0.3 is 5.97 Å². The van der Waals surface area contributed by atoms with Crippen molar-refractivity contribution in [3.8, 4) is 0 Å². The van der Waals surface area contributed by atoms with E-state index >= 15 is 0 Å². The highest BCUT2D eigenvalue weighted by Gasteiger charge is 2.21. The monoisotopic (exact) mass is 288 g/mol. The van der Waals surface area contributed by atoms with Crippen molar-refractivity contribution in [2.45, 2.75) is 13.3 Å². The number of aryl methyl sites for hydroxylation is 1. The van der Waals surface area contributed by atoms with Gasteiger partial charge in [-0.25, -0.2) is 4.98 Å². The van der Waals surface area contributed by atoms with E-state index in [4.69, 9.17) is 4.42 Å². The number of hydrogen-bond acceptors (Lipinski definition) is 4. The van der Waals surface area contributed by atoms with E-state index < -0.39 is 17.8 Å². The largest absolute Gasteiger partial charge is 0.481 e. The Balaban J connectivity index is 1.96. The van der Waals surface area contributed by atoms with Gasteiger partial charge in [-0.1, -0.05) is 30.3 Å². The van der Waals surface area contributed by atoms with Gasteiger partial charge in [0.05, 0.1) is 11.6 Å². The van der Waals surface area contributed by atoms with Crippen LogP contribution < -0.4 is 5.32 Å². The Bertz CT molecular complexity index is 622. The molecule has 6 nitrogen and oxygen atoms in total. The Kier molecular flexibility index (Phi) is 4.71. The second-order valence-electron chi connectivity index (χ2n) is 4.70. The Morgan fingerprint density at radius 1 is 1.33 bits per heavy atom. The highest BCUT2D eigenvalue weighted by Crippen LogP contribution is 2.10. The summed E-state index contributed by atoms with van der Waals surface area (Å²) in [7, 11) is 0. The first kappa shape index (κ1) is 14.8. The number of nitrogens with zero attached hydrogens (tertiary/aromatic N) is 1. The zero-order valence-electron chi connectivity index (χ0n) is 11.6. The maximum atomic E-state index is 11.9. The molecule has 0 radical (unpaired) electrons. The van der Waals surface area contributed by atoms with Crippen LogP contribution in [0.1, 0.15) is 21.8 Å². The molecule has 0 fully saturated rings. The Morgan fingerprint density at radius 3 is 2.62 bits per heavy atom. The first-order valence-corrected chi connectivity index (χ1v) is 6.53. The fraction of sp³-hybridized carbons (Fsp3) is 0.267. The van der Waals surface area contributed by atoms with Gasteiger partial charge in [-0.05, 0) is 18.9 Å². The van der Waals surface area contributed by atoms with Crippen LogP contribution in [-0.2, 0) is 11.2 Å². The smallest absolute Gasteiger partial charge is 0.308 e.